The summed E-state index contributed by atoms with van der Waals surface area (Å²) in [6.07, 6.45) is 4.81. The number of nitrogens with one attached hydrogen (secondary N) is 1. The van der Waals surface area contributed by atoms with Crippen molar-refractivity contribution in [2.24, 2.45) is 5.73 Å². The first-order valence-corrected chi connectivity index (χ1v) is 7.25. The quantitative estimate of drug-likeness (QED) is 0.648. The molecule has 0 amide bonds. The van der Waals surface area contributed by atoms with Gasteiger partial charge in [0.15, 0.2) is 0 Å². The van der Waals surface area contributed by atoms with E-state index in [2.05, 4.69) is 0 Å². The fourth-order valence-corrected chi connectivity index (χ4v) is 2.74. The van der Waals surface area contributed by atoms with Crippen molar-refractivity contribution in [1.29, 1.82) is 5.41 Å². The predicted octanol–water partition coefficient (Wildman–Crippen LogP) is 3.10. The smallest absolute Gasteiger partial charge is 0.122 e. The summed E-state index contributed by atoms with van der Waals surface area (Å²) in [5.74, 6) is 0.0228. The fraction of sp³-hybridized carbons (Fsp3) is 0.533. The Morgan fingerprint density at radius 2 is 2.15 bits per heavy atom. The van der Waals surface area contributed by atoms with Crippen LogP contribution in [-0.4, -0.2) is 25.2 Å². The molecular weight excluding hydrogens is 276 g/mol. The Balaban J connectivity index is 1.92. The van der Waals surface area contributed by atoms with Gasteiger partial charge in [0, 0.05) is 17.7 Å². The van der Waals surface area contributed by atoms with Crippen LogP contribution >= 0.6 is 11.6 Å². The molecule has 0 heterocycles. The largest absolute Gasteiger partial charge is 0.384 e. The van der Waals surface area contributed by atoms with Crippen LogP contribution < -0.4 is 5.73 Å². The van der Waals surface area contributed by atoms with Crippen molar-refractivity contribution in [3.05, 3.63) is 34.3 Å². The van der Waals surface area contributed by atoms with Gasteiger partial charge in [0.1, 0.15) is 5.84 Å². The Labute approximate surface area is 124 Å². The number of ether oxygens (including phenoxy) is 2. The van der Waals surface area contributed by atoms with E-state index in [1.807, 2.05) is 6.07 Å². The van der Waals surface area contributed by atoms with Gasteiger partial charge in [-0.1, -0.05) is 23.7 Å². The summed E-state index contributed by atoms with van der Waals surface area (Å²) in [7, 11) is 1.75. The highest BCUT2D eigenvalue weighted by molar-refractivity contribution is 6.31. The zero-order valence-corrected chi connectivity index (χ0v) is 12.5. The second-order valence-electron chi connectivity index (χ2n) is 5.18. The topological polar surface area (TPSA) is 68.3 Å². The molecule has 5 heteroatoms. The molecular formula is C15H21ClN2O2. The lowest BCUT2D eigenvalue weighted by Gasteiger charge is -2.28. The van der Waals surface area contributed by atoms with Crippen LogP contribution in [0.1, 0.15) is 36.8 Å². The standard InChI is InChI=1S/C15H21ClN2O2/c1-19-12-3-2-4-13(8-12)20-9-11-6-5-10(15(17)18)7-14(11)16/h5-7,12-13H,2-4,8-9H2,1H3,(H3,17,18). The lowest BCUT2D eigenvalue weighted by molar-refractivity contribution is -0.0363. The normalized spacial score (nSPS) is 22.7. The first-order valence-electron chi connectivity index (χ1n) is 6.87. The molecule has 20 heavy (non-hydrogen) atoms. The lowest BCUT2D eigenvalue weighted by Crippen LogP contribution is -2.27. The molecule has 1 aromatic carbocycles. The van der Waals surface area contributed by atoms with Crippen molar-refractivity contribution in [3.8, 4) is 0 Å². The van der Waals surface area contributed by atoms with Gasteiger partial charge in [-0.05, 0) is 37.3 Å². The number of nitrogens with two attached hydrogens (primary N) is 1. The van der Waals surface area contributed by atoms with Crippen LogP contribution in [0.2, 0.25) is 5.02 Å². The molecule has 2 rings (SSSR count). The van der Waals surface area contributed by atoms with E-state index in [0.717, 1.165) is 31.2 Å². The molecule has 0 bridgehead atoms. The SMILES string of the molecule is COC1CCCC(OCc2ccc(C(=N)N)cc2Cl)C1. The lowest BCUT2D eigenvalue weighted by atomic mass is 9.95. The molecule has 110 valence electrons. The summed E-state index contributed by atoms with van der Waals surface area (Å²) in [4.78, 5) is 0. The molecule has 1 fully saturated rings. The van der Waals surface area contributed by atoms with Gasteiger partial charge >= 0.3 is 0 Å². The summed E-state index contributed by atoms with van der Waals surface area (Å²) < 4.78 is 11.3. The molecule has 0 radical (unpaired) electrons. The molecule has 1 aromatic rings. The molecule has 0 saturated heterocycles. The van der Waals surface area contributed by atoms with Gasteiger partial charge in [-0.25, -0.2) is 0 Å². The van der Waals surface area contributed by atoms with Crippen LogP contribution in [0.4, 0.5) is 0 Å². The summed E-state index contributed by atoms with van der Waals surface area (Å²) in [5, 5.41) is 7.98. The van der Waals surface area contributed by atoms with Gasteiger partial charge in [-0.2, -0.15) is 0 Å². The van der Waals surface area contributed by atoms with E-state index in [-0.39, 0.29) is 11.9 Å². The third-order valence-corrected chi connectivity index (χ3v) is 4.10. The minimum Gasteiger partial charge on any atom is -0.384 e. The van der Waals surface area contributed by atoms with Gasteiger partial charge in [-0.15, -0.1) is 0 Å². The number of methoxy groups -OCH3 is 1. The maximum Gasteiger partial charge on any atom is 0.122 e. The molecule has 3 N–H and O–H groups in total. The highest BCUT2D eigenvalue weighted by Gasteiger charge is 2.22. The maximum atomic E-state index is 7.38. The predicted molar refractivity (Wildman–Crippen MR) is 80.3 cm³/mol. The van der Waals surface area contributed by atoms with Gasteiger partial charge in [0.25, 0.3) is 0 Å². The average molecular weight is 297 g/mol. The van der Waals surface area contributed by atoms with E-state index >= 15 is 0 Å². The molecule has 2 atom stereocenters. The van der Waals surface area contributed by atoms with E-state index in [1.54, 1.807) is 19.2 Å². The first kappa shape index (κ1) is 15.3. The molecule has 0 aliphatic heterocycles. The van der Waals surface area contributed by atoms with Crippen LogP contribution in [0.3, 0.4) is 0 Å². The number of hydrogen-bond donors (Lipinski definition) is 2. The van der Waals surface area contributed by atoms with Crippen LogP contribution in [0.15, 0.2) is 18.2 Å². The van der Waals surface area contributed by atoms with E-state index < -0.39 is 0 Å². The first-order chi connectivity index (χ1) is 9.60. The van der Waals surface area contributed by atoms with Crippen molar-refractivity contribution in [1.82, 2.24) is 0 Å². The highest BCUT2D eigenvalue weighted by atomic mass is 35.5. The molecule has 1 aliphatic carbocycles. The van der Waals surface area contributed by atoms with E-state index in [4.69, 9.17) is 32.2 Å². The summed E-state index contributed by atoms with van der Waals surface area (Å²) >= 11 is 6.19. The van der Waals surface area contributed by atoms with Gasteiger partial charge in [-0.3, -0.25) is 5.41 Å². The third-order valence-electron chi connectivity index (χ3n) is 3.75. The Kier molecular flexibility index (Phi) is 5.40. The molecule has 0 aromatic heterocycles. The third kappa shape index (κ3) is 3.95. The zero-order chi connectivity index (χ0) is 14.5. The minimum atomic E-state index is 0.0228. The van der Waals surface area contributed by atoms with Crippen molar-refractivity contribution in [2.75, 3.05) is 7.11 Å². The number of rotatable bonds is 5. The number of hydrogen-bond acceptors (Lipinski definition) is 3. The van der Waals surface area contributed by atoms with Crippen LogP contribution in [0.5, 0.6) is 0 Å². The molecule has 4 nitrogen and oxygen atoms in total. The average Bonchev–Trinajstić information content (AvgIpc) is 2.46. The van der Waals surface area contributed by atoms with Gasteiger partial charge in [0.05, 0.1) is 18.8 Å². The van der Waals surface area contributed by atoms with E-state index in [0.29, 0.717) is 23.3 Å². The molecule has 2 unspecified atom stereocenters. The zero-order valence-electron chi connectivity index (χ0n) is 11.7. The number of nitrogen functional groups attached to an aromatic ring is 1. The Hall–Kier alpha value is -1.10. The van der Waals surface area contributed by atoms with Gasteiger partial charge in [0.2, 0.25) is 0 Å². The second-order valence-corrected chi connectivity index (χ2v) is 5.58. The van der Waals surface area contributed by atoms with Crippen LogP contribution in [0, 0.1) is 5.41 Å². The minimum absolute atomic E-state index is 0.0228. The Bertz CT molecular complexity index is 479. The van der Waals surface area contributed by atoms with Crippen molar-refractivity contribution in [3.63, 3.8) is 0 Å². The monoisotopic (exact) mass is 296 g/mol. The van der Waals surface area contributed by atoms with Crippen molar-refractivity contribution < 1.29 is 9.47 Å². The van der Waals surface area contributed by atoms with Crippen LogP contribution in [0.25, 0.3) is 0 Å². The van der Waals surface area contributed by atoms with Crippen molar-refractivity contribution in [2.45, 2.75) is 44.5 Å². The highest BCUT2D eigenvalue weighted by Crippen LogP contribution is 2.25. The molecule has 0 spiro atoms. The summed E-state index contributed by atoms with van der Waals surface area (Å²) in [6, 6.07) is 5.38. The second kappa shape index (κ2) is 7.07. The number of halogens is 1. The number of amidine groups is 1. The summed E-state index contributed by atoms with van der Waals surface area (Å²) in [5.41, 5.74) is 7.00. The molecule has 1 aliphatic rings. The van der Waals surface area contributed by atoms with Crippen molar-refractivity contribution >= 4 is 17.4 Å². The Morgan fingerprint density at radius 1 is 1.40 bits per heavy atom. The van der Waals surface area contributed by atoms with E-state index in [9.17, 15) is 0 Å². The van der Waals surface area contributed by atoms with E-state index in [1.165, 1.54) is 0 Å². The number of benzene rings is 1. The van der Waals surface area contributed by atoms with Gasteiger partial charge < -0.3 is 15.2 Å². The fourth-order valence-electron chi connectivity index (χ4n) is 2.51. The maximum absolute atomic E-state index is 7.38. The Morgan fingerprint density at radius 3 is 2.80 bits per heavy atom. The molecule has 1 saturated carbocycles. The summed E-state index contributed by atoms with van der Waals surface area (Å²) in [6.45, 7) is 0.484. The van der Waals surface area contributed by atoms with Crippen LogP contribution in [-0.2, 0) is 16.1 Å².